The molecule has 1 fully saturated rings. The number of β-amino-alcohol motifs (C(OH)–C–C–N with tert-alkyl or cyclic N) is 1. The van der Waals surface area contributed by atoms with Crippen LogP contribution in [0.2, 0.25) is 0 Å². The molecule has 0 radical (unpaired) electrons. The van der Waals surface area contributed by atoms with Crippen molar-refractivity contribution in [3.8, 4) is 0 Å². The highest BCUT2D eigenvalue weighted by Gasteiger charge is 2.33. The normalized spacial score (nSPS) is 22.4. The number of halogens is 2. The summed E-state index contributed by atoms with van der Waals surface area (Å²) in [5.41, 5.74) is 3.16. The van der Waals surface area contributed by atoms with Gasteiger partial charge in [-0.25, -0.2) is 13.8 Å². The van der Waals surface area contributed by atoms with Gasteiger partial charge in [-0.15, -0.1) is 11.3 Å². The highest BCUT2D eigenvalue weighted by molar-refractivity contribution is 7.09. The number of hydrogen-bond donors (Lipinski definition) is 1. The minimum Gasteiger partial charge on any atom is -0.392 e. The minimum atomic E-state index is -0.504. The zero-order valence-corrected chi connectivity index (χ0v) is 13.1. The molecule has 1 aromatic carbocycles. The van der Waals surface area contributed by atoms with Crippen molar-refractivity contribution in [2.45, 2.75) is 31.9 Å². The molecule has 3 nitrogen and oxygen atoms in total. The Bertz CT molecular complexity index is 661. The van der Waals surface area contributed by atoms with E-state index in [-0.39, 0.29) is 6.04 Å². The molecule has 2 heterocycles. The molecule has 0 spiro atoms. The van der Waals surface area contributed by atoms with Gasteiger partial charge in [-0.3, -0.25) is 4.90 Å². The number of aryl methyl sites for hydroxylation is 1. The van der Waals surface area contributed by atoms with Gasteiger partial charge in [0.1, 0.15) is 11.6 Å². The number of aliphatic hydroxyl groups excluding tert-OH is 1. The van der Waals surface area contributed by atoms with Gasteiger partial charge < -0.3 is 5.11 Å². The molecule has 22 heavy (non-hydrogen) atoms. The van der Waals surface area contributed by atoms with E-state index in [1.807, 2.05) is 17.3 Å². The molecular formula is C16H18F2N2OS. The summed E-state index contributed by atoms with van der Waals surface area (Å²) in [5, 5.41) is 9.94. The average molecular weight is 324 g/mol. The average Bonchev–Trinajstić information content (AvgIpc) is 3.05. The predicted molar refractivity (Wildman–Crippen MR) is 81.9 cm³/mol. The zero-order valence-electron chi connectivity index (χ0n) is 12.3. The van der Waals surface area contributed by atoms with Crippen molar-refractivity contribution in [2.24, 2.45) is 0 Å². The van der Waals surface area contributed by atoms with E-state index < -0.39 is 17.7 Å². The lowest BCUT2D eigenvalue weighted by Crippen LogP contribution is -2.27. The molecule has 118 valence electrons. The van der Waals surface area contributed by atoms with E-state index in [2.05, 4.69) is 4.98 Å². The van der Waals surface area contributed by atoms with Crippen LogP contribution in [0.1, 0.15) is 28.6 Å². The maximum Gasteiger partial charge on any atom is 0.128 e. The summed E-state index contributed by atoms with van der Waals surface area (Å²) < 4.78 is 27.4. The number of nitrogens with zero attached hydrogens (tertiary/aromatic N) is 2. The number of aromatic nitrogens is 1. The maximum absolute atomic E-state index is 14.0. The van der Waals surface area contributed by atoms with Crippen LogP contribution in [0.3, 0.4) is 0 Å². The van der Waals surface area contributed by atoms with Gasteiger partial charge >= 0.3 is 0 Å². The predicted octanol–water partition coefficient (Wildman–Crippen LogP) is 3.08. The van der Waals surface area contributed by atoms with Gasteiger partial charge in [-0.05, 0) is 38.0 Å². The molecule has 0 aliphatic carbocycles. The molecule has 0 amide bonds. The molecule has 1 N–H and O–H groups in total. The van der Waals surface area contributed by atoms with Gasteiger partial charge in [0.05, 0.1) is 17.3 Å². The van der Waals surface area contributed by atoms with E-state index in [1.54, 1.807) is 11.3 Å². The summed E-state index contributed by atoms with van der Waals surface area (Å²) in [6, 6.07) is 3.23. The Balaban J connectivity index is 1.77. The highest BCUT2D eigenvalue weighted by atomic mass is 32.1. The van der Waals surface area contributed by atoms with Crippen LogP contribution in [0.25, 0.3) is 0 Å². The second kappa shape index (κ2) is 6.40. The van der Waals surface area contributed by atoms with Crippen molar-refractivity contribution in [3.05, 3.63) is 51.5 Å². The van der Waals surface area contributed by atoms with E-state index in [4.69, 9.17) is 0 Å². The summed E-state index contributed by atoms with van der Waals surface area (Å²) in [7, 11) is 0. The van der Waals surface area contributed by atoms with Crippen molar-refractivity contribution < 1.29 is 13.9 Å². The smallest absolute Gasteiger partial charge is 0.128 e. The fraction of sp³-hybridized carbons (Fsp3) is 0.438. The van der Waals surface area contributed by atoms with Crippen LogP contribution in [-0.2, 0) is 6.42 Å². The molecule has 1 aromatic heterocycles. The number of hydrogen-bond acceptors (Lipinski definition) is 4. The molecule has 1 aliphatic rings. The van der Waals surface area contributed by atoms with Gasteiger partial charge in [-0.2, -0.15) is 0 Å². The summed E-state index contributed by atoms with van der Waals surface area (Å²) >= 11 is 1.60. The number of thiazole rings is 1. The fourth-order valence-electron chi connectivity index (χ4n) is 3.03. The fourth-order valence-corrected chi connectivity index (χ4v) is 3.80. The molecule has 2 unspecified atom stereocenters. The molecular weight excluding hydrogens is 306 g/mol. The second-order valence-electron chi connectivity index (χ2n) is 5.68. The number of benzene rings is 1. The Morgan fingerprint density at radius 1 is 1.41 bits per heavy atom. The Labute approximate surface area is 132 Å². The van der Waals surface area contributed by atoms with Gasteiger partial charge in [0.25, 0.3) is 0 Å². The molecule has 1 saturated heterocycles. The van der Waals surface area contributed by atoms with E-state index in [0.29, 0.717) is 25.1 Å². The highest BCUT2D eigenvalue weighted by Crippen LogP contribution is 2.34. The first-order valence-corrected chi connectivity index (χ1v) is 8.18. The lowest BCUT2D eigenvalue weighted by atomic mass is 10.0. The molecule has 6 heteroatoms. The third-order valence-electron chi connectivity index (χ3n) is 4.17. The monoisotopic (exact) mass is 324 g/mol. The van der Waals surface area contributed by atoms with Gasteiger partial charge in [0.2, 0.25) is 0 Å². The van der Waals surface area contributed by atoms with Gasteiger partial charge in [-0.1, -0.05) is 0 Å². The first-order valence-electron chi connectivity index (χ1n) is 7.30. The third-order valence-corrected chi connectivity index (χ3v) is 5.16. The molecule has 2 aromatic rings. The van der Waals surface area contributed by atoms with Crippen LogP contribution < -0.4 is 0 Å². The maximum atomic E-state index is 14.0. The summed E-state index contributed by atoms with van der Waals surface area (Å²) in [6.45, 7) is 3.15. The quantitative estimate of drug-likeness (QED) is 0.939. The SMILES string of the molecule is Cc1ncsc1CCN1CC(O)CC1c1cc(F)ccc1F. The van der Waals surface area contributed by atoms with Crippen molar-refractivity contribution >= 4 is 11.3 Å². The number of rotatable bonds is 4. The molecule has 3 rings (SSSR count). The lowest BCUT2D eigenvalue weighted by molar-refractivity contribution is 0.175. The number of aliphatic hydroxyl groups is 1. The van der Waals surface area contributed by atoms with E-state index in [9.17, 15) is 13.9 Å². The van der Waals surface area contributed by atoms with Gasteiger partial charge in [0, 0.05) is 29.6 Å². The Kier molecular flexibility index (Phi) is 4.52. The molecule has 1 aliphatic heterocycles. The first-order chi connectivity index (χ1) is 10.5. The first kappa shape index (κ1) is 15.5. The van der Waals surface area contributed by atoms with Crippen molar-refractivity contribution in [2.75, 3.05) is 13.1 Å². The number of likely N-dealkylation sites (tertiary alicyclic amines) is 1. The topological polar surface area (TPSA) is 36.4 Å². The van der Waals surface area contributed by atoms with Crippen LogP contribution in [0.4, 0.5) is 8.78 Å². The molecule has 0 bridgehead atoms. The zero-order chi connectivity index (χ0) is 15.7. The standard InChI is InChI=1S/C16H18F2N2OS/c1-10-16(22-9-19-10)4-5-20-8-12(21)7-15(20)13-6-11(17)2-3-14(13)18/h2-3,6,9,12,15,21H,4-5,7-8H2,1H3. The van der Waals surface area contributed by atoms with Crippen LogP contribution >= 0.6 is 11.3 Å². The largest absolute Gasteiger partial charge is 0.392 e. The van der Waals surface area contributed by atoms with E-state index >= 15 is 0 Å². The van der Waals surface area contributed by atoms with Crippen molar-refractivity contribution in [1.29, 1.82) is 0 Å². The van der Waals surface area contributed by atoms with Crippen LogP contribution in [0, 0.1) is 18.6 Å². The second-order valence-corrected chi connectivity index (χ2v) is 6.62. The summed E-state index contributed by atoms with van der Waals surface area (Å²) in [6.07, 6.45) is 0.730. The summed E-state index contributed by atoms with van der Waals surface area (Å²) in [4.78, 5) is 7.44. The molecule has 0 saturated carbocycles. The van der Waals surface area contributed by atoms with Crippen LogP contribution in [0.5, 0.6) is 0 Å². The van der Waals surface area contributed by atoms with Gasteiger partial charge in [0.15, 0.2) is 0 Å². The molecule has 2 atom stereocenters. The van der Waals surface area contributed by atoms with Crippen LogP contribution in [-0.4, -0.2) is 34.2 Å². The summed E-state index contributed by atoms with van der Waals surface area (Å²) in [5.74, 6) is -0.865. The minimum absolute atomic E-state index is 0.279. The lowest BCUT2D eigenvalue weighted by Gasteiger charge is -2.24. The van der Waals surface area contributed by atoms with E-state index in [0.717, 1.165) is 24.2 Å². The van der Waals surface area contributed by atoms with E-state index in [1.165, 1.54) is 10.9 Å². The Morgan fingerprint density at radius 2 is 2.23 bits per heavy atom. The van der Waals surface area contributed by atoms with Crippen LogP contribution in [0.15, 0.2) is 23.7 Å². The Morgan fingerprint density at radius 3 is 2.95 bits per heavy atom. The van der Waals surface area contributed by atoms with Crippen molar-refractivity contribution in [1.82, 2.24) is 9.88 Å². The Hall–Kier alpha value is -1.37. The van der Waals surface area contributed by atoms with Crippen molar-refractivity contribution in [3.63, 3.8) is 0 Å². The third kappa shape index (κ3) is 3.19.